The zero-order valence-electron chi connectivity index (χ0n) is 13.5. The maximum atomic E-state index is 4.44. The number of nitrogens with zero attached hydrogens (tertiary/aromatic N) is 5. The van der Waals surface area contributed by atoms with Crippen LogP contribution in [-0.4, -0.2) is 76.0 Å². The van der Waals surface area contributed by atoms with Crippen LogP contribution in [-0.2, 0) is 6.54 Å². The fourth-order valence-corrected chi connectivity index (χ4v) is 3.25. The lowest BCUT2D eigenvalue weighted by Crippen LogP contribution is -2.63. The van der Waals surface area contributed by atoms with E-state index in [-0.39, 0.29) is 0 Å². The van der Waals surface area contributed by atoms with Gasteiger partial charge in [-0.25, -0.2) is 0 Å². The van der Waals surface area contributed by atoms with Crippen LogP contribution in [0.1, 0.15) is 25.2 Å². The summed E-state index contributed by atoms with van der Waals surface area (Å²) in [6, 6.07) is 1.43. The zero-order chi connectivity index (χ0) is 14.8. The largest absolute Gasteiger partial charge is 0.298 e. The Bertz CT molecular complexity index is 444. The van der Waals surface area contributed by atoms with Crippen LogP contribution in [0.2, 0.25) is 0 Å². The van der Waals surface area contributed by atoms with Crippen molar-refractivity contribution < 1.29 is 0 Å². The first-order valence-electron chi connectivity index (χ1n) is 8.10. The van der Waals surface area contributed by atoms with E-state index < -0.39 is 0 Å². The standard InChI is InChI=1S/C16H27N5/c1-13(2)20-4-6-21(7-5-20)16-11-19(12-16)10-15-9-17-14(3)8-18-15/h8-9,13,16H,4-7,10-12H2,1-3H3. The van der Waals surface area contributed by atoms with E-state index in [1.165, 1.54) is 39.3 Å². The molecule has 2 aliphatic rings. The van der Waals surface area contributed by atoms with E-state index in [1.54, 1.807) is 0 Å². The number of rotatable bonds is 4. The second kappa shape index (κ2) is 6.38. The van der Waals surface area contributed by atoms with Crippen molar-refractivity contribution in [2.75, 3.05) is 39.3 Å². The first kappa shape index (κ1) is 14.9. The van der Waals surface area contributed by atoms with Gasteiger partial charge in [-0.2, -0.15) is 0 Å². The van der Waals surface area contributed by atoms with Crippen LogP contribution in [0.4, 0.5) is 0 Å². The van der Waals surface area contributed by atoms with Crippen LogP contribution in [0.3, 0.4) is 0 Å². The van der Waals surface area contributed by atoms with E-state index in [2.05, 4.69) is 38.5 Å². The minimum Gasteiger partial charge on any atom is -0.298 e. The van der Waals surface area contributed by atoms with E-state index in [0.717, 1.165) is 24.0 Å². The van der Waals surface area contributed by atoms with Crippen LogP contribution in [0.15, 0.2) is 12.4 Å². The van der Waals surface area contributed by atoms with Crippen LogP contribution < -0.4 is 0 Å². The minimum atomic E-state index is 0.685. The lowest BCUT2D eigenvalue weighted by Gasteiger charge is -2.48. The van der Waals surface area contributed by atoms with Crippen LogP contribution in [0, 0.1) is 6.92 Å². The Balaban J connectivity index is 1.41. The second-order valence-corrected chi connectivity index (χ2v) is 6.66. The summed E-state index contributed by atoms with van der Waals surface area (Å²) in [6.45, 7) is 14.8. The van der Waals surface area contributed by atoms with Gasteiger partial charge in [0.25, 0.3) is 0 Å². The van der Waals surface area contributed by atoms with Crippen molar-refractivity contribution in [2.45, 2.75) is 39.4 Å². The number of piperazine rings is 1. The van der Waals surface area contributed by atoms with Crippen LogP contribution >= 0.6 is 0 Å². The Morgan fingerprint density at radius 1 is 1.10 bits per heavy atom. The predicted molar refractivity (Wildman–Crippen MR) is 84.1 cm³/mol. The third-order valence-corrected chi connectivity index (χ3v) is 4.75. The smallest absolute Gasteiger partial charge is 0.0727 e. The van der Waals surface area contributed by atoms with Gasteiger partial charge in [-0.1, -0.05) is 0 Å². The molecule has 5 nitrogen and oxygen atoms in total. The molecule has 3 heterocycles. The summed E-state index contributed by atoms with van der Waals surface area (Å²) in [5.74, 6) is 0. The monoisotopic (exact) mass is 289 g/mol. The first-order valence-corrected chi connectivity index (χ1v) is 8.10. The molecule has 1 aromatic heterocycles. The molecule has 0 amide bonds. The number of hydrogen-bond donors (Lipinski definition) is 0. The normalized spacial score (nSPS) is 22.7. The molecule has 2 fully saturated rings. The quantitative estimate of drug-likeness (QED) is 0.826. The van der Waals surface area contributed by atoms with Crippen molar-refractivity contribution in [1.82, 2.24) is 24.7 Å². The Kier molecular flexibility index (Phi) is 4.52. The highest BCUT2D eigenvalue weighted by Crippen LogP contribution is 2.19. The number of hydrogen-bond acceptors (Lipinski definition) is 5. The maximum Gasteiger partial charge on any atom is 0.0727 e. The summed E-state index contributed by atoms with van der Waals surface area (Å²) in [7, 11) is 0. The van der Waals surface area contributed by atoms with Gasteiger partial charge in [0.2, 0.25) is 0 Å². The first-order chi connectivity index (χ1) is 10.1. The number of likely N-dealkylation sites (tertiary alicyclic amines) is 1. The topological polar surface area (TPSA) is 35.5 Å². The van der Waals surface area contributed by atoms with Gasteiger partial charge < -0.3 is 0 Å². The van der Waals surface area contributed by atoms with Crippen molar-refractivity contribution in [3.05, 3.63) is 23.8 Å². The van der Waals surface area contributed by atoms with Crippen molar-refractivity contribution in [2.24, 2.45) is 0 Å². The molecule has 0 N–H and O–H groups in total. The Morgan fingerprint density at radius 2 is 1.81 bits per heavy atom. The SMILES string of the molecule is Cc1cnc(CN2CC(N3CCN(C(C)C)CC3)C2)cn1. The summed E-state index contributed by atoms with van der Waals surface area (Å²) < 4.78 is 0. The molecule has 2 aliphatic heterocycles. The summed E-state index contributed by atoms with van der Waals surface area (Å²) in [6.07, 6.45) is 3.77. The van der Waals surface area contributed by atoms with Gasteiger partial charge >= 0.3 is 0 Å². The van der Waals surface area contributed by atoms with E-state index in [9.17, 15) is 0 Å². The van der Waals surface area contributed by atoms with Crippen molar-refractivity contribution in [3.63, 3.8) is 0 Å². The van der Waals surface area contributed by atoms with Gasteiger partial charge in [0.15, 0.2) is 0 Å². The molecule has 3 rings (SSSR count). The molecular formula is C16H27N5. The predicted octanol–water partition coefficient (Wildman–Crippen LogP) is 0.995. The van der Waals surface area contributed by atoms with Crippen molar-refractivity contribution in [3.8, 4) is 0 Å². The van der Waals surface area contributed by atoms with Gasteiger partial charge in [0, 0.05) is 70.3 Å². The second-order valence-electron chi connectivity index (χ2n) is 6.66. The summed E-state index contributed by atoms with van der Waals surface area (Å²) in [5, 5.41) is 0. The highest BCUT2D eigenvalue weighted by molar-refractivity contribution is 5.02. The van der Waals surface area contributed by atoms with Gasteiger partial charge in [0.1, 0.15) is 0 Å². The third kappa shape index (κ3) is 3.59. The Labute approximate surface area is 128 Å². The van der Waals surface area contributed by atoms with Crippen LogP contribution in [0.5, 0.6) is 0 Å². The lowest BCUT2D eigenvalue weighted by molar-refractivity contribution is -0.00465. The van der Waals surface area contributed by atoms with Gasteiger partial charge in [-0.05, 0) is 20.8 Å². The molecule has 21 heavy (non-hydrogen) atoms. The molecule has 0 spiro atoms. The molecule has 0 bridgehead atoms. The van der Waals surface area contributed by atoms with Gasteiger partial charge in [-0.3, -0.25) is 24.7 Å². The van der Waals surface area contributed by atoms with E-state index in [1.807, 2.05) is 19.3 Å². The number of aryl methyl sites for hydroxylation is 1. The van der Waals surface area contributed by atoms with E-state index in [0.29, 0.717) is 6.04 Å². The third-order valence-electron chi connectivity index (χ3n) is 4.75. The molecule has 116 valence electrons. The fourth-order valence-electron chi connectivity index (χ4n) is 3.25. The Hall–Kier alpha value is -1.04. The lowest BCUT2D eigenvalue weighted by atomic mass is 10.1. The molecule has 0 aliphatic carbocycles. The molecular weight excluding hydrogens is 262 g/mol. The van der Waals surface area contributed by atoms with Crippen LogP contribution in [0.25, 0.3) is 0 Å². The van der Waals surface area contributed by atoms with Crippen molar-refractivity contribution in [1.29, 1.82) is 0 Å². The van der Waals surface area contributed by atoms with E-state index >= 15 is 0 Å². The molecule has 0 aromatic carbocycles. The van der Waals surface area contributed by atoms with Crippen molar-refractivity contribution >= 4 is 0 Å². The van der Waals surface area contributed by atoms with E-state index in [4.69, 9.17) is 0 Å². The molecule has 0 atom stereocenters. The molecule has 0 saturated carbocycles. The van der Waals surface area contributed by atoms with Gasteiger partial charge in [-0.15, -0.1) is 0 Å². The average molecular weight is 289 g/mol. The average Bonchev–Trinajstić information content (AvgIpc) is 2.44. The Morgan fingerprint density at radius 3 is 2.38 bits per heavy atom. The molecule has 0 unspecified atom stereocenters. The number of aromatic nitrogens is 2. The highest BCUT2D eigenvalue weighted by atomic mass is 15.4. The summed E-state index contributed by atoms with van der Waals surface area (Å²) in [5.41, 5.74) is 2.08. The van der Waals surface area contributed by atoms with Gasteiger partial charge in [0.05, 0.1) is 11.4 Å². The molecule has 1 aromatic rings. The summed E-state index contributed by atoms with van der Waals surface area (Å²) in [4.78, 5) is 16.5. The maximum absolute atomic E-state index is 4.44. The molecule has 0 radical (unpaired) electrons. The molecule has 2 saturated heterocycles. The molecule has 5 heteroatoms. The summed E-state index contributed by atoms with van der Waals surface area (Å²) >= 11 is 0. The highest BCUT2D eigenvalue weighted by Gasteiger charge is 2.33. The zero-order valence-corrected chi connectivity index (χ0v) is 13.5. The minimum absolute atomic E-state index is 0.685. The fraction of sp³-hybridized carbons (Fsp3) is 0.750.